The molecule has 2 aromatic rings. The van der Waals surface area contributed by atoms with E-state index in [-0.39, 0.29) is 53.6 Å². The first-order valence-corrected chi connectivity index (χ1v) is 19.6. The van der Waals surface area contributed by atoms with Crippen molar-refractivity contribution >= 4 is 25.8 Å². The summed E-state index contributed by atoms with van der Waals surface area (Å²) in [7, 11) is -7.86. The lowest BCUT2D eigenvalue weighted by Crippen LogP contribution is -2.40. The Morgan fingerprint density at radius 3 is 0.920 bits per heavy atom. The van der Waals surface area contributed by atoms with Crippen LogP contribution in [0.1, 0.15) is 129 Å². The Labute approximate surface area is 302 Å². The molecule has 2 atom stereocenters. The van der Waals surface area contributed by atoms with Gasteiger partial charge in [-0.15, -0.1) is 0 Å². The van der Waals surface area contributed by atoms with Crippen molar-refractivity contribution in [2.24, 2.45) is 0 Å². The second kappa shape index (κ2) is 22.4. The Hall–Kier alpha value is -0.790. The number of hydrogen-bond donors (Lipinski definition) is 12. The lowest BCUT2D eigenvalue weighted by Gasteiger charge is -2.41. The van der Waals surface area contributed by atoms with Gasteiger partial charge in [0, 0.05) is 6.54 Å². The number of aliphatic hydroxyl groups is 3. The second-order valence-corrected chi connectivity index (χ2v) is 17.4. The number of rotatable bonds is 8. The van der Waals surface area contributed by atoms with Gasteiger partial charge in [-0.3, -0.25) is 4.90 Å². The molecule has 0 amide bonds. The summed E-state index contributed by atoms with van der Waals surface area (Å²) < 4.78 is 0. The normalized spacial score (nSPS) is 13.7. The van der Waals surface area contributed by atoms with Crippen molar-refractivity contribution in [1.82, 2.24) is 4.90 Å². The average Bonchev–Trinajstić information content (AvgIpc) is 2.91. The summed E-state index contributed by atoms with van der Waals surface area (Å²) in [5.41, 5.74) is 6.68. The van der Waals surface area contributed by atoms with Crippen LogP contribution in [0.3, 0.4) is 0 Å². The van der Waals surface area contributed by atoms with E-state index in [1.54, 1.807) is 0 Å². The summed E-state index contributed by atoms with van der Waals surface area (Å²) in [6.07, 6.45) is 0. The van der Waals surface area contributed by atoms with Gasteiger partial charge in [0.2, 0.25) is 0 Å². The summed E-state index contributed by atoms with van der Waals surface area (Å²) in [6, 6.07) is 12.4. The average molecular weight is 772 g/mol. The zero-order valence-corrected chi connectivity index (χ0v) is 34.3. The van der Waals surface area contributed by atoms with E-state index in [4.69, 9.17) is 44.0 Å². The van der Waals surface area contributed by atoms with Crippen LogP contribution in [0, 0.1) is 0 Å². The Kier molecular flexibility index (Phi) is 23.0. The van der Waals surface area contributed by atoms with E-state index in [2.05, 4.69) is 124 Å². The fourth-order valence-electron chi connectivity index (χ4n) is 5.33. The minimum Gasteiger partial charge on any atom is -0.395 e. The second-order valence-electron chi connectivity index (χ2n) is 15.8. The molecule has 2 rings (SSSR count). The first-order valence-electron chi connectivity index (χ1n) is 16.0. The van der Waals surface area contributed by atoms with Gasteiger partial charge in [-0.2, -0.15) is 0 Å². The summed E-state index contributed by atoms with van der Waals surface area (Å²) in [5, 5.41) is 31.9. The molecular weight excluding hydrogens is 707 g/mol. The van der Waals surface area contributed by atoms with Crippen LogP contribution in [0.15, 0.2) is 36.4 Å². The molecule has 2 aromatic carbocycles. The summed E-state index contributed by atoms with van der Waals surface area (Å²) in [4.78, 5) is 67.2. The van der Waals surface area contributed by atoms with Gasteiger partial charge in [-0.1, -0.05) is 119 Å². The molecule has 292 valence electrons. The molecule has 2 unspecified atom stereocenters. The summed E-state index contributed by atoms with van der Waals surface area (Å²) in [5.74, 6) is 0. The molecule has 50 heavy (non-hydrogen) atoms. The molecule has 0 saturated heterocycles. The first kappa shape index (κ1) is 51.3. The van der Waals surface area contributed by atoms with Gasteiger partial charge in [-0.25, -0.2) is 0 Å². The third-order valence-corrected chi connectivity index (χ3v) is 7.68. The smallest absolute Gasteiger partial charge is 0.324 e. The Balaban J connectivity index is 0. The van der Waals surface area contributed by atoms with E-state index in [1.807, 2.05) is 0 Å². The topological polar surface area (TPSA) is 246 Å². The fourth-order valence-corrected chi connectivity index (χ4v) is 5.33. The zero-order valence-electron chi connectivity index (χ0n) is 31.6. The molecule has 13 nitrogen and oxygen atoms in total. The minimum absolute atomic E-state index is 0.00205. The molecule has 0 spiro atoms. The highest BCUT2D eigenvalue weighted by Crippen LogP contribution is 2.41. The van der Waals surface area contributed by atoms with Crippen LogP contribution >= 0.6 is 25.8 Å². The van der Waals surface area contributed by atoms with E-state index in [0.717, 1.165) is 11.1 Å². The number of hydrogen-bond acceptors (Lipinski definition) is 13. The molecule has 0 aliphatic rings. The van der Waals surface area contributed by atoms with Gasteiger partial charge in [-0.05, 0) is 55.0 Å². The standard InChI is InChI=1S/C34H55NO3.3H3O3P/c1-31(2,3)23-13-15-25(27(19-23)33(7,8)9)29(21-37)35(17-18-36)30(22-38)26-16-14-24(32(4,5)6)20-28(26)34(10,11)12;3*1-4(2)3/h13-16,19-20,29-30,36-38H,17-18,21-22H2,1-12H3;3*1-3H. The van der Waals surface area contributed by atoms with Crippen molar-refractivity contribution in [3.8, 4) is 0 Å². The molecule has 0 radical (unpaired) electrons. The number of benzene rings is 2. The number of nitrogens with zero attached hydrogens (tertiary/aromatic N) is 1. The Bertz CT molecular complexity index is 1130. The predicted octanol–water partition coefficient (Wildman–Crippen LogP) is 4.51. The molecule has 0 heterocycles. The predicted molar refractivity (Wildman–Crippen MR) is 202 cm³/mol. The number of aliphatic hydroxyl groups excluding tert-OH is 3. The fraction of sp³-hybridized carbons (Fsp3) is 0.647. The van der Waals surface area contributed by atoms with Gasteiger partial charge < -0.3 is 59.4 Å². The van der Waals surface area contributed by atoms with Crippen molar-refractivity contribution in [2.75, 3.05) is 26.4 Å². The Morgan fingerprint density at radius 2 is 0.740 bits per heavy atom. The van der Waals surface area contributed by atoms with Crippen molar-refractivity contribution < 1.29 is 59.4 Å². The maximum atomic E-state index is 10.9. The lowest BCUT2D eigenvalue weighted by atomic mass is 9.76. The van der Waals surface area contributed by atoms with Crippen LogP contribution in [0.5, 0.6) is 0 Å². The highest BCUT2D eigenvalue weighted by molar-refractivity contribution is 7.38. The van der Waals surface area contributed by atoms with Gasteiger partial charge in [0.25, 0.3) is 0 Å². The van der Waals surface area contributed by atoms with Crippen LogP contribution < -0.4 is 0 Å². The molecule has 0 aliphatic heterocycles. The van der Waals surface area contributed by atoms with E-state index in [1.165, 1.54) is 22.3 Å². The SMILES string of the molecule is CC(C)(C)c1ccc(C(CO)N(CCO)C(CO)c2ccc(C(C)(C)C)cc2C(C)(C)C)c(C(C)(C)C)c1.OP(O)O.OP(O)O.OP(O)O. The van der Waals surface area contributed by atoms with E-state index in [0.29, 0.717) is 6.54 Å². The van der Waals surface area contributed by atoms with Crippen molar-refractivity contribution in [2.45, 2.75) is 117 Å². The molecule has 12 N–H and O–H groups in total. The molecule has 0 aliphatic carbocycles. The summed E-state index contributed by atoms with van der Waals surface area (Å²) in [6.45, 7) is 26.6. The largest absolute Gasteiger partial charge is 0.395 e. The molecule has 16 heteroatoms. The van der Waals surface area contributed by atoms with Gasteiger partial charge in [0.15, 0.2) is 0 Å². The van der Waals surface area contributed by atoms with Crippen LogP contribution in [-0.2, 0) is 21.7 Å². The monoisotopic (exact) mass is 771 g/mol. The van der Waals surface area contributed by atoms with Crippen molar-refractivity contribution in [3.63, 3.8) is 0 Å². The van der Waals surface area contributed by atoms with Crippen molar-refractivity contribution in [1.29, 1.82) is 0 Å². The Morgan fingerprint density at radius 1 is 0.480 bits per heavy atom. The molecule has 0 fully saturated rings. The third-order valence-electron chi connectivity index (χ3n) is 7.68. The van der Waals surface area contributed by atoms with E-state index < -0.39 is 25.8 Å². The van der Waals surface area contributed by atoms with E-state index in [9.17, 15) is 15.3 Å². The van der Waals surface area contributed by atoms with Gasteiger partial charge in [0.05, 0.1) is 31.9 Å². The van der Waals surface area contributed by atoms with E-state index >= 15 is 0 Å². The molecule has 0 bridgehead atoms. The van der Waals surface area contributed by atoms with Crippen LogP contribution in [-0.4, -0.2) is 90.6 Å². The van der Waals surface area contributed by atoms with Crippen LogP contribution in [0.2, 0.25) is 0 Å². The summed E-state index contributed by atoms with van der Waals surface area (Å²) >= 11 is 0. The van der Waals surface area contributed by atoms with Crippen LogP contribution in [0.4, 0.5) is 0 Å². The third kappa shape index (κ3) is 19.3. The minimum atomic E-state index is -2.62. The molecular formula is C34H64NO12P3. The van der Waals surface area contributed by atoms with Crippen molar-refractivity contribution in [3.05, 3.63) is 69.8 Å². The molecule has 0 aromatic heterocycles. The quantitative estimate of drug-likeness (QED) is 0.166. The maximum Gasteiger partial charge on any atom is 0.324 e. The van der Waals surface area contributed by atoms with Crippen LogP contribution in [0.25, 0.3) is 0 Å². The highest BCUT2D eigenvalue weighted by Gasteiger charge is 2.35. The maximum absolute atomic E-state index is 10.9. The lowest BCUT2D eigenvalue weighted by molar-refractivity contribution is 0.0356. The van der Waals surface area contributed by atoms with Gasteiger partial charge in [0.1, 0.15) is 0 Å². The zero-order chi connectivity index (χ0) is 40.0. The highest BCUT2D eigenvalue weighted by atomic mass is 31.2. The molecule has 0 saturated carbocycles. The van der Waals surface area contributed by atoms with Gasteiger partial charge >= 0.3 is 25.8 Å². The first-order chi connectivity index (χ1) is 22.5.